The summed E-state index contributed by atoms with van der Waals surface area (Å²) in [7, 11) is 0. The lowest BCUT2D eigenvalue weighted by molar-refractivity contribution is -0.138. The number of urea groups is 1. The highest BCUT2D eigenvalue weighted by Crippen LogP contribution is 2.32. The highest BCUT2D eigenvalue weighted by Gasteiger charge is 2.36. The second kappa shape index (κ2) is 16.9. The number of aromatic nitrogens is 1. The van der Waals surface area contributed by atoms with Crippen LogP contribution in [0.4, 0.5) is 15.0 Å². The number of carboxylic acids is 1. The van der Waals surface area contributed by atoms with E-state index in [1.807, 2.05) is 20.8 Å². The Balaban J connectivity index is 1.08. The standard InChI is InChI=1S/C38H55FN6O5/c1-25(24-38(2,3)40)36(48)43-30-12-8-26(9-13-30)16-21-50-33-15-11-28(22-31(33)39)32(23-34(46)47)45-20-19-44(37(45)49)18-5-7-29-14-10-27-6-4-17-41-35(27)42-29/h10-11,14-15,22,25-26,30,32H,4-9,12-13,16-21,23-24,40H2,1-3H3,(H,41,42)(H,43,48)(H,46,47)/t25?,26?,30?,32-/m0/s1. The van der Waals surface area contributed by atoms with Crippen LogP contribution in [0.25, 0.3) is 0 Å². The number of ether oxygens (including phenoxy) is 1. The van der Waals surface area contributed by atoms with E-state index in [0.717, 1.165) is 75.8 Å². The fraction of sp³-hybridized carbons (Fsp3) is 0.632. The van der Waals surface area contributed by atoms with Gasteiger partial charge in [0.25, 0.3) is 0 Å². The van der Waals surface area contributed by atoms with Crippen molar-refractivity contribution in [2.45, 2.75) is 109 Å². The molecule has 5 N–H and O–H groups in total. The van der Waals surface area contributed by atoms with Crippen LogP contribution in [-0.2, 0) is 22.4 Å². The number of benzene rings is 1. The molecule has 2 aromatic rings. The molecule has 0 bridgehead atoms. The molecule has 1 saturated carbocycles. The Labute approximate surface area is 295 Å². The van der Waals surface area contributed by atoms with E-state index in [1.54, 1.807) is 15.9 Å². The molecule has 3 amide bonds. The fourth-order valence-electron chi connectivity index (χ4n) is 7.63. The zero-order valence-electron chi connectivity index (χ0n) is 29.9. The van der Waals surface area contributed by atoms with Gasteiger partial charge < -0.3 is 36.0 Å². The van der Waals surface area contributed by atoms with E-state index in [0.29, 0.717) is 44.1 Å². The number of fused-ring (bicyclic) bond motifs is 1. The van der Waals surface area contributed by atoms with Crippen molar-refractivity contribution in [3.63, 3.8) is 0 Å². The SMILES string of the molecule is CC(CC(C)(C)N)C(=O)NC1CCC(CCOc2ccc([C@H](CC(=O)O)N3CCN(CCCc4ccc5c(n4)NCCC5)C3=O)cc2F)CC1. The van der Waals surface area contributed by atoms with Gasteiger partial charge in [-0.2, -0.15) is 0 Å². The molecule has 1 aromatic heterocycles. The van der Waals surface area contributed by atoms with Gasteiger partial charge in [0, 0.05) is 49.4 Å². The quantitative estimate of drug-likeness (QED) is 0.176. The number of amides is 3. The molecule has 50 heavy (non-hydrogen) atoms. The van der Waals surface area contributed by atoms with E-state index in [4.69, 9.17) is 15.5 Å². The lowest BCUT2D eigenvalue weighted by atomic mass is 9.84. The summed E-state index contributed by atoms with van der Waals surface area (Å²) in [6.45, 7) is 8.45. The number of aliphatic carboxylic acids is 1. The van der Waals surface area contributed by atoms with Gasteiger partial charge in [0.2, 0.25) is 5.91 Å². The molecular formula is C38H55FN6O5. The summed E-state index contributed by atoms with van der Waals surface area (Å²) in [5.41, 5.74) is 8.35. The molecule has 11 nitrogen and oxygen atoms in total. The van der Waals surface area contributed by atoms with Crippen LogP contribution in [0.3, 0.4) is 0 Å². The summed E-state index contributed by atoms with van der Waals surface area (Å²) in [5.74, 6) is -0.215. The van der Waals surface area contributed by atoms with E-state index in [-0.39, 0.29) is 41.6 Å². The average Bonchev–Trinajstić information content (AvgIpc) is 3.43. The number of carbonyl (C=O) groups excluding carboxylic acids is 2. The van der Waals surface area contributed by atoms with Crippen LogP contribution >= 0.6 is 0 Å². The summed E-state index contributed by atoms with van der Waals surface area (Å²) in [6.07, 6.45) is 8.43. The molecular weight excluding hydrogens is 639 g/mol. The van der Waals surface area contributed by atoms with E-state index in [1.165, 1.54) is 17.7 Å². The highest BCUT2D eigenvalue weighted by molar-refractivity contribution is 5.79. The minimum absolute atomic E-state index is 0.0541. The first-order valence-corrected chi connectivity index (χ1v) is 18.4. The third-order valence-corrected chi connectivity index (χ3v) is 10.3. The number of rotatable bonds is 16. The van der Waals surface area contributed by atoms with Crippen molar-refractivity contribution in [3.8, 4) is 5.75 Å². The zero-order valence-corrected chi connectivity index (χ0v) is 29.9. The van der Waals surface area contributed by atoms with Crippen LogP contribution in [0, 0.1) is 17.7 Å². The molecule has 1 unspecified atom stereocenters. The number of anilines is 1. The number of nitrogens with one attached hydrogen (secondary N) is 2. The summed E-state index contributed by atoms with van der Waals surface area (Å²) >= 11 is 0. The topological polar surface area (TPSA) is 150 Å². The molecule has 0 radical (unpaired) electrons. The second-order valence-corrected chi connectivity index (χ2v) is 15.2. The predicted molar refractivity (Wildman–Crippen MR) is 190 cm³/mol. The molecule has 2 atom stereocenters. The van der Waals surface area contributed by atoms with Crippen LogP contribution in [0.2, 0.25) is 0 Å². The number of aryl methyl sites for hydroxylation is 2. The van der Waals surface area contributed by atoms with Crippen LogP contribution < -0.4 is 21.1 Å². The molecule has 0 spiro atoms. The van der Waals surface area contributed by atoms with Gasteiger partial charge in [-0.05, 0) is 113 Å². The van der Waals surface area contributed by atoms with Gasteiger partial charge in [0.15, 0.2) is 11.6 Å². The third-order valence-electron chi connectivity index (χ3n) is 10.3. The maximum atomic E-state index is 15.3. The molecule has 274 valence electrons. The Kier molecular flexibility index (Phi) is 12.6. The number of hydrogen-bond acceptors (Lipinski definition) is 7. The van der Waals surface area contributed by atoms with Crippen LogP contribution in [0.15, 0.2) is 30.3 Å². The normalized spacial score (nSPS) is 20.5. The highest BCUT2D eigenvalue weighted by atomic mass is 19.1. The van der Waals surface area contributed by atoms with Crippen molar-refractivity contribution in [1.82, 2.24) is 20.1 Å². The summed E-state index contributed by atoms with van der Waals surface area (Å²) in [6, 6.07) is 7.82. The van der Waals surface area contributed by atoms with Crippen molar-refractivity contribution in [1.29, 1.82) is 0 Å². The first kappa shape index (κ1) is 37.3. The lowest BCUT2D eigenvalue weighted by Gasteiger charge is -2.31. The summed E-state index contributed by atoms with van der Waals surface area (Å²) < 4.78 is 21.1. The number of nitrogens with two attached hydrogens (primary N) is 1. The van der Waals surface area contributed by atoms with Crippen LogP contribution in [0.1, 0.15) is 101 Å². The molecule has 1 saturated heterocycles. The zero-order chi connectivity index (χ0) is 35.8. The molecule has 3 aliphatic rings. The Morgan fingerprint density at radius 2 is 1.96 bits per heavy atom. The van der Waals surface area contributed by atoms with Crippen molar-refractivity contribution in [2.24, 2.45) is 17.6 Å². The number of carboxylic acid groups (broad SMARTS) is 1. The molecule has 1 aromatic carbocycles. The first-order valence-electron chi connectivity index (χ1n) is 18.4. The molecule has 2 fully saturated rings. The smallest absolute Gasteiger partial charge is 0.320 e. The van der Waals surface area contributed by atoms with Crippen LogP contribution in [0.5, 0.6) is 5.75 Å². The number of halogens is 1. The Morgan fingerprint density at radius 1 is 1.18 bits per heavy atom. The van der Waals surface area contributed by atoms with Crippen molar-refractivity contribution < 1.29 is 28.6 Å². The van der Waals surface area contributed by atoms with Crippen molar-refractivity contribution in [2.75, 3.05) is 38.1 Å². The molecule has 1 aliphatic carbocycles. The summed E-state index contributed by atoms with van der Waals surface area (Å²) in [5, 5.41) is 16.2. The molecule has 5 rings (SSSR count). The number of hydrogen-bond donors (Lipinski definition) is 4. The molecule has 3 heterocycles. The largest absolute Gasteiger partial charge is 0.491 e. The van der Waals surface area contributed by atoms with Gasteiger partial charge in [0.1, 0.15) is 5.82 Å². The second-order valence-electron chi connectivity index (χ2n) is 15.2. The maximum absolute atomic E-state index is 15.3. The molecule has 2 aliphatic heterocycles. The van der Waals surface area contributed by atoms with Gasteiger partial charge in [-0.3, -0.25) is 9.59 Å². The Morgan fingerprint density at radius 3 is 2.68 bits per heavy atom. The maximum Gasteiger partial charge on any atom is 0.320 e. The fourth-order valence-corrected chi connectivity index (χ4v) is 7.63. The van der Waals surface area contributed by atoms with E-state index >= 15 is 4.39 Å². The minimum atomic E-state index is -1.06. The number of carbonyl (C=O) groups is 3. The van der Waals surface area contributed by atoms with E-state index in [2.05, 4.69) is 22.8 Å². The van der Waals surface area contributed by atoms with Gasteiger partial charge >= 0.3 is 12.0 Å². The predicted octanol–water partition coefficient (Wildman–Crippen LogP) is 5.67. The number of pyridine rings is 1. The van der Waals surface area contributed by atoms with Crippen molar-refractivity contribution in [3.05, 3.63) is 53.0 Å². The van der Waals surface area contributed by atoms with E-state index in [9.17, 15) is 19.5 Å². The monoisotopic (exact) mass is 694 g/mol. The van der Waals surface area contributed by atoms with E-state index < -0.39 is 17.8 Å². The van der Waals surface area contributed by atoms with Crippen LogP contribution in [-0.4, -0.2) is 82.2 Å². The van der Waals surface area contributed by atoms with Gasteiger partial charge in [-0.25, -0.2) is 14.2 Å². The Bertz CT molecular complexity index is 1490. The van der Waals surface area contributed by atoms with Gasteiger partial charge in [-0.1, -0.05) is 19.1 Å². The Hall–Kier alpha value is -3.93. The third kappa shape index (κ3) is 10.3. The van der Waals surface area contributed by atoms with Gasteiger partial charge in [-0.15, -0.1) is 0 Å². The average molecular weight is 695 g/mol. The first-order chi connectivity index (χ1) is 23.9. The summed E-state index contributed by atoms with van der Waals surface area (Å²) in [4.78, 5) is 45.9. The van der Waals surface area contributed by atoms with Crippen molar-refractivity contribution >= 4 is 23.7 Å². The minimum Gasteiger partial charge on any atom is -0.491 e. The molecule has 12 heteroatoms. The lowest BCUT2D eigenvalue weighted by Crippen LogP contribution is -2.43. The number of nitrogens with zero attached hydrogens (tertiary/aromatic N) is 3. The van der Waals surface area contributed by atoms with Gasteiger partial charge in [0.05, 0.1) is 19.1 Å².